The molecule has 98 valence electrons. The lowest BCUT2D eigenvalue weighted by molar-refractivity contribution is -0.139. The molecule has 0 bridgehead atoms. The van der Waals surface area contributed by atoms with Crippen molar-refractivity contribution in [1.82, 2.24) is 4.90 Å². The molecule has 0 radical (unpaired) electrons. The lowest BCUT2D eigenvalue weighted by Gasteiger charge is -2.37. The zero-order valence-corrected chi connectivity index (χ0v) is 10.9. The second kappa shape index (κ2) is 5.36. The minimum Gasteiger partial charge on any atom is -0.377 e. The number of rotatable bonds is 2. The molecule has 2 fully saturated rings. The normalized spacial score (nSPS) is 38.4. The molecule has 2 saturated heterocycles. The Morgan fingerprint density at radius 1 is 1.47 bits per heavy atom. The van der Waals surface area contributed by atoms with Crippen molar-refractivity contribution in [3.8, 4) is 0 Å². The van der Waals surface area contributed by atoms with E-state index in [0.29, 0.717) is 5.92 Å². The van der Waals surface area contributed by atoms with Gasteiger partial charge < -0.3 is 15.4 Å². The van der Waals surface area contributed by atoms with E-state index >= 15 is 0 Å². The topological polar surface area (TPSA) is 55.6 Å². The largest absolute Gasteiger partial charge is 0.377 e. The Morgan fingerprint density at radius 3 is 2.88 bits per heavy atom. The molecule has 1 amide bonds. The first kappa shape index (κ1) is 12.8. The number of hydrogen-bond acceptors (Lipinski definition) is 3. The maximum absolute atomic E-state index is 12.4. The van der Waals surface area contributed by atoms with E-state index in [1.54, 1.807) is 0 Å². The Bertz CT molecular complexity index is 283. The van der Waals surface area contributed by atoms with Gasteiger partial charge in [0.05, 0.1) is 12.0 Å². The van der Waals surface area contributed by atoms with Crippen molar-refractivity contribution in [3.05, 3.63) is 0 Å². The van der Waals surface area contributed by atoms with E-state index < -0.39 is 0 Å². The zero-order valence-electron chi connectivity index (χ0n) is 10.9. The van der Waals surface area contributed by atoms with Crippen molar-refractivity contribution in [2.24, 2.45) is 17.6 Å². The Hall–Kier alpha value is -0.610. The Morgan fingerprint density at radius 2 is 2.24 bits per heavy atom. The van der Waals surface area contributed by atoms with E-state index in [2.05, 4.69) is 13.8 Å². The van der Waals surface area contributed by atoms with Crippen LogP contribution in [0.5, 0.6) is 0 Å². The molecule has 2 N–H and O–H groups in total. The standard InChI is InChI=1S/C13H24N2O2/c1-3-12-10(5-7-17-12)13(16)15-6-4-11(14)9(2)8-15/h9-12H,3-8,14H2,1-2H3. The van der Waals surface area contributed by atoms with Crippen molar-refractivity contribution in [2.75, 3.05) is 19.7 Å². The summed E-state index contributed by atoms with van der Waals surface area (Å²) < 4.78 is 5.60. The van der Waals surface area contributed by atoms with Crippen LogP contribution in [0.15, 0.2) is 0 Å². The fourth-order valence-electron chi connectivity index (χ4n) is 2.93. The zero-order chi connectivity index (χ0) is 12.4. The molecule has 2 rings (SSSR count). The van der Waals surface area contributed by atoms with Gasteiger partial charge in [-0.25, -0.2) is 0 Å². The summed E-state index contributed by atoms with van der Waals surface area (Å²) >= 11 is 0. The highest BCUT2D eigenvalue weighted by Crippen LogP contribution is 2.27. The number of ether oxygens (including phenoxy) is 1. The van der Waals surface area contributed by atoms with Crippen LogP contribution >= 0.6 is 0 Å². The molecule has 4 atom stereocenters. The molecule has 0 aromatic rings. The van der Waals surface area contributed by atoms with Gasteiger partial charge in [0.25, 0.3) is 0 Å². The second-order valence-electron chi connectivity index (χ2n) is 5.43. The summed E-state index contributed by atoms with van der Waals surface area (Å²) in [4.78, 5) is 14.4. The van der Waals surface area contributed by atoms with Crippen LogP contribution in [0.25, 0.3) is 0 Å². The van der Waals surface area contributed by atoms with Gasteiger partial charge in [0.1, 0.15) is 0 Å². The average molecular weight is 240 g/mol. The van der Waals surface area contributed by atoms with Crippen LogP contribution in [-0.2, 0) is 9.53 Å². The van der Waals surface area contributed by atoms with Crippen LogP contribution in [-0.4, -0.2) is 42.6 Å². The predicted octanol–water partition coefficient (Wildman–Crippen LogP) is 0.997. The number of carbonyl (C=O) groups is 1. The maximum Gasteiger partial charge on any atom is 0.228 e. The lowest BCUT2D eigenvalue weighted by Crippen LogP contribution is -2.50. The summed E-state index contributed by atoms with van der Waals surface area (Å²) in [6.07, 6.45) is 2.87. The number of nitrogens with zero attached hydrogens (tertiary/aromatic N) is 1. The van der Waals surface area contributed by atoms with Crippen LogP contribution in [0.4, 0.5) is 0 Å². The third-order valence-corrected chi connectivity index (χ3v) is 4.21. The molecule has 2 heterocycles. The van der Waals surface area contributed by atoms with Crippen LogP contribution in [0.2, 0.25) is 0 Å². The maximum atomic E-state index is 12.4. The van der Waals surface area contributed by atoms with Crippen molar-refractivity contribution in [3.63, 3.8) is 0 Å². The first-order valence-electron chi connectivity index (χ1n) is 6.79. The van der Waals surface area contributed by atoms with Gasteiger partial charge in [-0.2, -0.15) is 0 Å². The minimum absolute atomic E-state index is 0.0847. The highest BCUT2D eigenvalue weighted by Gasteiger charge is 2.37. The smallest absolute Gasteiger partial charge is 0.228 e. The average Bonchev–Trinajstić information content (AvgIpc) is 2.80. The van der Waals surface area contributed by atoms with Gasteiger partial charge in [-0.3, -0.25) is 4.79 Å². The summed E-state index contributed by atoms with van der Waals surface area (Å²) in [6.45, 7) is 6.58. The molecular formula is C13H24N2O2. The van der Waals surface area contributed by atoms with Crippen molar-refractivity contribution in [2.45, 2.75) is 45.3 Å². The monoisotopic (exact) mass is 240 g/mol. The molecule has 4 unspecified atom stereocenters. The molecule has 4 heteroatoms. The number of nitrogens with two attached hydrogens (primary N) is 1. The summed E-state index contributed by atoms with van der Waals surface area (Å²) in [6, 6.07) is 0.251. The summed E-state index contributed by atoms with van der Waals surface area (Å²) in [5.74, 6) is 0.782. The van der Waals surface area contributed by atoms with E-state index in [1.807, 2.05) is 4.90 Å². The fraction of sp³-hybridized carbons (Fsp3) is 0.923. The van der Waals surface area contributed by atoms with Gasteiger partial charge in [0.2, 0.25) is 5.91 Å². The molecular weight excluding hydrogens is 216 g/mol. The van der Waals surface area contributed by atoms with Gasteiger partial charge in [-0.15, -0.1) is 0 Å². The number of carbonyl (C=O) groups excluding carboxylic acids is 1. The number of likely N-dealkylation sites (tertiary alicyclic amines) is 1. The van der Waals surface area contributed by atoms with Crippen molar-refractivity contribution < 1.29 is 9.53 Å². The molecule has 0 aromatic carbocycles. The van der Waals surface area contributed by atoms with E-state index in [4.69, 9.17) is 10.5 Å². The highest BCUT2D eigenvalue weighted by molar-refractivity contribution is 5.79. The van der Waals surface area contributed by atoms with Crippen molar-refractivity contribution >= 4 is 5.91 Å². The lowest BCUT2D eigenvalue weighted by atomic mass is 9.92. The van der Waals surface area contributed by atoms with Crippen LogP contribution in [0, 0.1) is 11.8 Å². The molecule has 17 heavy (non-hydrogen) atoms. The number of amides is 1. The molecule has 2 aliphatic rings. The van der Waals surface area contributed by atoms with Crippen LogP contribution in [0.3, 0.4) is 0 Å². The number of hydrogen-bond donors (Lipinski definition) is 1. The third kappa shape index (κ3) is 2.63. The van der Waals surface area contributed by atoms with Gasteiger partial charge >= 0.3 is 0 Å². The summed E-state index contributed by atoms with van der Waals surface area (Å²) in [5, 5.41) is 0. The molecule has 0 aromatic heterocycles. The minimum atomic E-state index is 0.0847. The Balaban J connectivity index is 1.95. The van der Waals surface area contributed by atoms with Crippen molar-refractivity contribution in [1.29, 1.82) is 0 Å². The first-order chi connectivity index (χ1) is 8.13. The molecule has 0 aliphatic carbocycles. The van der Waals surface area contributed by atoms with Gasteiger partial charge in [-0.05, 0) is 25.2 Å². The van der Waals surface area contributed by atoms with Gasteiger partial charge in [0.15, 0.2) is 0 Å². The number of piperidine rings is 1. The van der Waals surface area contributed by atoms with E-state index in [-0.39, 0.29) is 24.0 Å². The summed E-state index contributed by atoms with van der Waals surface area (Å²) in [7, 11) is 0. The molecule has 2 aliphatic heterocycles. The first-order valence-corrected chi connectivity index (χ1v) is 6.79. The SMILES string of the molecule is CCC1OCCC1C(=O)N1CCC(N)C(C)C1. The Labute approximate surface area is 103 Å². The Kier molecular flexibility index (Phi) is 4.05. The molecule has 0 saturated carbocycles. The van der Waals surface area contributed by atoms with Crippen LogP contribution < -0.4 is 5.73 Å². The fourth-order valence-corrected chi connectivity index (χ4v) is 2.93. The second-order valence-corrected chi connectivity index (χ2v) is 5.43. The molecule has 0 spiro atoms. The van der Waals surface area contributed by atoms with E-state index in [1.165, 1.54) is 0 Å². The van der Waals surface area contributed by atoms with Gasteiger partial charge in [0, 0.05) is 25.7 Å². The predicted molar refractivity (Wildman–Crippen MR) is 66.5 cm³/mol. The van der Waals surface area contributed by atoms with E-state index in [9.17, 15) is 4.79 Å². The van der Waals surface area contributed by atoms with Gasteiger partial charge in [-0.1, -0.05) is 13.8 Å². The quantitative estimate of drug-likeness (QED) is 0.783. The van der Waals surface area contributed by atoms with E-state index in [0.717, 1.165) is 39.0 Å². The van der Waals surface area contributed by atoms with Crippen LogP contribution in [0.1, 0.15) is 33.1 Å². The summed E-state index contributed by atoms with van der Waals surface area (Å²) in [5.41, 5.74) is 5.98. The highest BCUT2D eigenvalue weighted by atomic mass is 16.5. The third-order valence-electron chi connectivity index (χ3n) is 4.21. The molecule has 4 nitrogen and oxygen atoms in total.